The molecule has 0 radical (unpaired) electrons. The second-order valence-corrected chi connectivity index (χ2v) is 7.93. The van der Waals surface area contributed by atoms with E-state index in [4.69, 9.17) is 11.6 Å². The SMILES string of the molecule is Cc1ccc(NC(=O)[C@H]2CC=CC3CCN(c4ccccc4)C(=O)C32)cc1Cl. The summed E-state index contributed by atoms with van der Waals surface area (Å²) in [5, 5.41) is 3.57. The Labute approximate surface area is 170 Å². The second kappa shape index (κ2) is 7.80. The van der Waals surface area contributed by atoms with Gasteiger partial charge in [0.15, 0.2) is 0 Å². The van der Waals surface area contributed by atoms with Gasteiger partial charge in [-0.25, -0.2) is 0 Å². The molecule has 0 saturated carbocycles. The molecule has 28 heavy (non-hydrogen) atoms. The minimum Gasteiger partial charge on any atom is -0.326 e. The Bertz CT molecular complexity index is 925. The summed E-state index contributed by atoms with van der Waals surface area (Å²) < 4.78 is 0. The first kappa shape index (κ1) is 18.8. The predicted octanol–water partition coefficient (Wildman–Crippen LogP) is 4.83. The van der Waals surface area contributed by atoms with Gasteiger partial charge in [0.25, 0.3) is 0 Å². The summed E-state index contributed by atoms with van der Waals surface area (Å²) in [5.74, 6) is -0.691. The average Bonchev–Trinajstić information content (AvgIpc) is 2.71. The van der Waals surface area contributed by atoms with Crippen molar-refractivity contribution >= 4 is 34.8 Å². The highest BCUT2D eigenvalue weighted by atomic mass is 35.5. The summed E-state index contributed by atoms with van der Waals surface area (Å²) in [5.41, 5.74) is 2.51. The van der Waals surface area contributed by atoms with E-state index >= 15 is 0 Å². The minimum atomic E-state index is -0.380. The van der Waals surface area contributed by atoms with E-state index in [9.17, 15) is 9.59 Å². The highest BCUT2D eigenvalue weighted by Crippen LogP contribution is 2.39. The molecule has 1 aliphatic carbocycles. The number of para-hydroxylation sites is 1. The van der Waals surface area contributed by atoms with E-state index in [0.29, 0.717) is 23.7 Å². The number of anilines is 2. The molecule has 1 saturated heterocycles. The molecular formula is C23H23ClN2O2. The van der Waals surface area contributed by atoms with Crippen LogP contribution >= 0.6 is 11.6 Å². The quantitative estimate of drug-likeness (QED) is 0.758. The smallest absolute Gasteiger partial charge is 0.231 e. The lowest BCUT2D eigenvalue weighted by molar-refractivity contribution is -0.133. The van der Waals surface area contributed by atoms with Crippen molar-refractivity contribution < 1.29 is 9.59 Å². The number of fused-ring (bicyclic) bond motifs is 1. The highest BCUT2D eigenvalue weighted by Gasteiger charge is 2.44. The third-order valence-corrected chi connectivity index (χ3v) is 6.16. The van der Waals surface area contributed by atoms with Crippen molar-refractivity contribution in [1.82, 2.24) is 0 Å². The topological polar surface area (TPSA) is 49.4 Å². The molecule has 5 heteroatoms. The maximum absolute atomic E-state index is 13.3. The Morgan fingerprint density at radius 1 is 1.18 bits per heavy atom. The van der Waals surface area contributed by atoms with Crippen molar-refractivity contribution in [2.45, 2.75) is 19.8 Å². The van der Waals surface area contributed by atoms with Crippen molar-refractivity contribution in [3.05, 3.63) is 71.3 Å². The number of carbonyl (C=O) groups is 2. The lowest BCUT2D eigenvalue weighted by Gasteiger charge is -2.41. The third-order valence-electron chi connectivity index (χ3n) is 5.75. The van der Waals surface area contributed by atoms with Gasteiger partial charge >= 0.3 is 0 Å². The number of amides is 2. The number of hydrogen-bond acceptors (Lipinski definition) is 2. The zero-order chi connectivity index (χ0) is 19.7. The largest absolute Gasteiger partial charge is 0.326 e. The van der Waals surface area contributed by atoms with Crippen molar-refractivity contribution in [3.63, 3.8) is 0 Å². The Morgan fingerprint density at radius 2 is 1.96 bits per heavy atom. The molecule has 0 aromatic heterocycles. The lowest BCUT2D eigenvalue weighted by Crippen LogP contribution is -2.51. The first-order chi connectivity index (χ1) is 13.5. The minimum absolute atomic E-state index is 0.0360. The molecule has 0 spiro atoms. The molecule has 4 rings (SSSR count). The Hall–Kier alpha value is -2.59. The summed E-state index contributed by atoms with van der Waals surface area (Å²) in [4.78, 5) is 28.2. The molecule has 1 N–H and O–H groups in total. The van der Waals surface area contributed by atoms with Gasteiger partial charge in [0, 0.05) is 22.9 Å². The van der Waals surface area contributed by atoms with Gasteiger partial charge in [-0.1, -0.05) is 48.0 Å². The van der Waals surface area contributed by atoms with Gasteiger partial charge in [0.05, 0.1) is 11.8 Å². The van der Waals surface area contributed by atoms with E-state index in [2.05, 4.69) is 11.4 Å². The van der Waals surface area contributed by atoms with E-state index in [1.807, 2.05) is 60.4 Å². The van der Waals surface area contributed by atoms with Gasteiger partial charge in [-0.2, -0.15) is 0 Å². The monoisotopic (exact) mass is 394 g/mol. The van der Waals surface area contributed by atoms with Crippen LogP contribution in [-0.2, 0) is 9.59 Å². The van der Waals surface area contributed by atoms with Crippen LogP contribution in [0.25, 0.3) is 0 Å². The van der Waals surface area contributed by atoms with E-state index in [-0.39, 0.29) is 29.6 Å². The average molecular weight is 395 g/mol. The molecule has 1 aliphatic heterocycles. The van der Waals surface area contributed by atoms with Crippen LogP contribution in [0.5, 0.6) is 0 Å². The molecule has 1 fully saturated rings. The van der Waals surface area contributed by atoms with Crippen LogP contribution in [0.15, 0.2) is 60.7 Å². The van der Waals surface area contributed by atoms with Crippen LogP contribution in [0.3, 0.4) is 0 Å². The Morgan fingerprint density at radius 3 is 2.71 bits per heavy atom. The fourth-order valence-electron chi connectivity index (χ4n) is 4.20. The zero-order valence-electron chi connectivity index (χ0n) is 15.8. The molecule has 2 aromatic rings. The number of nitrogens with zero attached hydrogens (tertiary/aromatic N) is 1. The summed E-state index contributed by atoms with van der Waals surface area (Å²) in [6.45, 7) is 2.60. The van der Waals surface area contributed by atoms with Gasteiger partial charge in [0.1, 0.15) is 0 Å². The van der Waals surface area contributed by atoms with Gasteiger partial charge < -0.3 is 10.2 Å². The Kier molecular flexibility index (Phi) is 5.23. The molecular weight excluding hydrogens is 372 g/mol. The molecule has 2 aliphatic rings. The number of halogens is 1. The van der Waals surface area contributed by atoms with Crippen LogP contribution in [-0.4, -0.2) is 18.4 Å². The third kappa shape index (κ3) is 3.57. The first-order valence-corrected chi connectivity index (χ1v) is 10.0. The number of benzene rings is 2. The van der Waals surface area contributed by atoms with Crippen LogP contribution in [0.2, 0.25) is 5.02 Å². The summed E-state index contributed by atoms with van der Waals surface area (Å²) in [6.07, 6.45) is 5.58. The number of allylic oxidation sites excluding steroid dienone is 2. The second-order valence-electron chi connectivity index (χ2n) is 7.53. The number of nitrogens with one attached hydrogen (secondary N) is 1. The molecule has 144 valence electrons. The maximum Gasteiger partial charge on any atom is 0.231 e. The van der Waals surface area contributed by atoms with Crippen molar-refractivity contribution in [2.24, 2.45) is 17.8 Å². The lowest BCUT2D eigenvalue weighted by atomic mass is 9.71. The molecule has 3 atom stereocenters. The van der Waals surface area contributed by atoms with Gasteiger partial charge in [0.2, 0.25) is 11.8 Å². The fraction of sp³-hybridized carbons (Fsp3) is 0.304. The van der Waals surface area contributed by atoms with Crippen LogP contribution < -0.4 is 10.2 Å². The van der Waals surface area contributed by atoms with Crippen LogP contribution in [0.4, 0.5) is 11.4 Å². The maximum atomic E-state index is 13.3. The van der Waals surface area contributed by atoms with Crippen molar-refractivity contribution in [2.75, 3.05) is 16.8 Å². The summed E-state index contributed by atoms with van der Waals surface area (Å²) in [6, 6.07) is 15.2. The number of piperidine rings is 1. The highest BCUT2D eigenvalue weighted by molar-refractivity contribution is 6.31. The Balaban J connectivity index is 1.56. The number of rotatable bonds is 3. The number of aryl methyl sites for hydroxylation is 1. The van der Waals surface area contributed by atoms with Crippen LogP contribution in [0.1, 0.15) is 18.4 Å². The van der Waals surface area contributed by atoms with E-state index < -0.39 is 0 Å². The normalized spacial score (nSPS) is 24.0. The number of carbonyl (C=O) groups excluding carboxylic acids is 2. The molecule has 0 bridgehead atoms. The molecule has 2 amide bonds. The first-order valence-electron chi connectivity index (χ1n) is 9.64. The molecule has 1 heterocycles. The fourth-order valence-corrected chi connectivity index (χ4v) is 4.38. The molecule has 2 aromatic carbocycles. The van der Waals surface area contributed by atoms with Crippen molar-refractivity contribution in [3.8, 4) is 0 Å². The predicted molar refractivity (Wildman–Crippen MR) is 112 cm³/mol. The molecule has 4 nitrogen and oxygen atoms in total. The van der Waals surface area contributed by atoms with Crippen molar-refractivity contribution in [1.29, 1.82) is 0 Å². The summed E-state index contributed by atoms with van der Waals surface area (Å²) in [7, 11) is 0. The van der Waals surface area contributed by atoms with Gasteiger partial charge in [-0.15, -0.1) is 0 Å². The summed E-state index contributed by atoms with van der Waals surface area (Å²) >= 11 is 6.18. The van der Waals surface area contributed by atoms with Gasteiger partial charge in [-0.3, -0.25) is 9.59 Å². The van der Waals surface area contributed by atoms with Gasteiger partial charge in [-0.05, 0) is 55.5 Å². The zero-order valence-corrected chi connectivity index (χ0v) is 16.5. The van der Waals surface area contributed by atoms with E-state index in [1.54, 1.807) is 6.07 Å². The number of hydrogen-bond donors (Lipinski definition) is 1. The standard InChI is InChI=1S/C23H23ClN2O2/c1-15-10-11-17(14-20(15)24)25-22(27)19-9-5-6-16-12-13-26(23(28)21(16)19)18-7-3-2-4-8-18/h2-8,10-11,14,16,19,21H,9,12-13H2,1H3,(H,25,27)/t16?,19-,21?/m0/s1. The van der Waals surface area contributed by atoms with E-state index in [1.165, 1.54) is 0 Å². The van der Waals surface area contributed by atoms with E-state index in [0.717, 1.165) is 17.7 Å². The molecule has 2 unspecified atom stereocenters. The van der Waals surface area contributed by atoms with Crippen LogP contribution in [0, 0.1) is 24.7 Å².